The first-order valence-corrected chi connectivity index (χ1v) is 11.4. The lowest BCUT2D eigenvalue weighted by molar-refractivity contribution is 0.199. The van der Waals surface area contributed by atoms with Crippen molar-refractivity contribution in [1.29, 1.82) is 0 Å². The van der Waals surface area contributed by atoms with Crippen LogP contribution in [0.4, 0.5) is 0 Å². The summed E-state index contributed by atoms with van der Waals surface area (Å²) in [5.74, 6) is 0. The molecule has 0 heterocycles. The van der Waals surface area contributed by atoms with E-state index in [1.807, 2.05) is 72.8 Å². The minimum Gasteiger partial charge on any atom is -0.383 e. The van der Waals surface area contributed by atoms with E-state index in [-0.39, 0.29) is 0 Å². The Balaban J connectivity index is 1.80. The van der Waals surface area contributed by atoms with Crippen molar-refractivity contribution in [3.8, 4) is 0 Å². The van der Waals surface area contributed by atoms with E-state index in [4.69, 9.17) is 4.74 Å². The van der Waals surface area contributed by atoms with Crippen LogP contribution in [-0.2, 0) is 34.4 Å². The second kappa shape index (κ2) is 11.0. The average molecular weight is 425 g/mol. The van der Waals surface area contributed by atoms with Gasteiger partial charge in [-0.05, 0) is 28.8 Å². The summed E-state index contributed by atoms with van der Waals surface area (Å²) in [5.41, 5.74) is 2.94. The van der Waals surface area contributed by atoms with Gasteiger partial charge >= 0.3 is 0 Å². The van der Waals surface area contributed by atoms with E-state index in [2.05, 4.69) is 5.32 Å². The van der Waals surface area contributed by atoms with Gasteiger partial charge in [-0.1, -0.05) is 72.8 Å². The fourth-order valence-corrected chi connectivity index (χ4v) is 4.55. The Morgan fingerprint density at radius 1 is 0.767 bits per heavy atom. The topological polar surface area (TPSA) is 58.6 Å². The second-order valence-electron chi connectivity index (χ2n) is 7.06. The maximum atomic E-state index is 13.4. The van der Waals surface area contributed by atoms with E-state index in [1.54, 1.807) is 19.2 Å². The van der Waals surface area contributed by atoms with Crippen molar-refractivity contribution in [2.75, 3.05) is 20.3 Å². The van der Waals surface area contributed by atoms with Crippen molar-refractivity contribution in [3.05, 3.63) is 102 Å². The van der Waals surface area contributed by atoms with Gasteiger partial charge in [0.05, 0.1) is 11.5 Å². The highest BCUT2D eigenvalue weighted by Gasteiger charge is 2.25. The summed E-state index contributed by atoms with van der Waals surface area (Å²) < 4.78 is 33.4. The number of hydrogen-bond acceptors (Lipinski definition) is 4. The summed E-state index contributed by atoms with van der Waals surface area (Å²) in [6.45, 7) is 2.69. The fraction of sp³-hybridized carbons (Fsp3) is 0.250. The molecule has 3 aromatic carbocycles. The standard InChI is InChI=1S/C24H28N2O3S/c1-29-17-16-25-18-21-12-14-24(15-13-21)30(27,28)26(19-22-8-4-2-5-9-22)20-23-10-6-3-7-11-23/h2-15,25H,16-20H2,1H3. The van der Waals surface area contributed by atoms with Crippen molar-refractivity contribution in [2.45, 2.75) is 24.5 Å². The number of sulfonamides is 1. The van der Waals surface area contributed by atoms with Crippen molar-refractivity contribution >= 4 is 10.0 Å². The number of ether oxygens (including phenoxy) is 1. The number of methoxy groups -OCH3 is 1. The fourth-order valence-electron chi connectivity index (χ4n) is 3.14. The van der Waals surface area contributed by atoms with Gasteiger partial charge in [0.15, 0.2) is 0 Å². The number of rotatable bonds is 11. The summed E-state index contributed by atoms with van der Waals surface area (Å²) in [6, 6.07) is 26.4. The highest BCUT2D eigenvalue weighted by atomic mass is 32.2. The first kappa shape index (κ1) is 22.2. The summed E-state index contributed by atoms with van der Waals surface area (Å²) in [6.07, 6.45) is 0. The minimum absolute atomic E-state index is 0.301. The number of nitrogens with one attached hydrogen (secondary N) is 1. The molecule has 6 heteroatoms. The summed E-state index contributed by atoms with van der Waals surface area (Å²) in [7, 11) is -1.99. The Kier molecular flexibility index (Phi) is 8.16. The van der Waals surface area contributed by atoms with E-state index in [1.165, 1.54) is 4.31 Å². The van der Waals surface area contributed by atoms with Gasteiger partial charge in [-0.2, -0.15) is 4.31 Å². The van der Waals surface area contributed by atoms with Gasteiger partial charge < -0.3 is 10.1 Å². The zero-order valence-corrected chi connectivity index (χ0v) is 18.0. The monoisotopic (exact) mass is 424 g/mol. The molecule has 0 atom stereocenters. The largest absolute Gasteiger partial charge is 0.383 e. The van der Waals surface area contributed by atoms with E-state index in [0.717, 1.165) is 23.2 Å². The smallest absolute Gasteiger partial charge is 0.243 e. The molecule has 3 rings (SSSR count). The predicted octanol–water partition coefficient (Wildman–Crippen LogP) is 3.81. The Morgan fingerprint density at radius 2 is 1.30 bits per heavy atom. The number of nitrogens with zero attached hydrogens (tertiary/aromatic N) is 1. The molecule has 0 saturated heterocycles. The molecule has 1 N–H and O–H groups in total. The zero-order valence-electron chi connectivity index (χ0n) is 17.2. The van der Waals surface area contributed by atoms with Crippen molar-refractivity contribution < 1.29 is 13.2 Å². The molecule has 0 fully saturated rings. The third-order valence-electron chi connectivity index (χ3n) is 4.78. The highest BCUT2D eigenvalue weighted by molar-refractivity contribution is 7.89. The lowest BCUT2D eigenvalue weighted by Gasteiger charge is -2.23. The molecule has 0 bridgehead atoms. The van der Waals surface area contributed by atoms with Crippen LogP contribution >= 0.6 is 0 Å². The van der Waals surface area contributed by atoms with Gasteiger partial charge in [-0.25, -0.2) is 8.42 Å². The lowest BCUT2D eigenvalue weighted by Crippen LogP contribution is -2.30. The molecule has 30 heavy (non-hydrogen) atoms. The van der Waals surface area contributed by atoms with Crippen molar-refractivity contribution in [3.63, 3.8) is 0 Å². The van der Waals surface area contributed by atoms with E-state index >= 15 is 0 Å². The van der Waals surface area contributed by atoms with Crippen LogP contribution in [0.1, 0.15) is 16.7 Å². The lowest BCUT2D eigenvalue weighted by atomic mass is 10.2. The van der Waals surface area contributed by atoms with Crippen LogP contribution < -0.4 is 5.32 Å². The Labute approximate surface area is 179 Å². The molecule has 5 nitrogen and oxygen atoms in total. The summed E-state index contributed by atoms with van der Waals surface area (Å²) >= 11 is 0. The van der Waals surface area contributed by atoms with E-state index in [0.29, 0.717) is 31.1 Å². The van der Waals surface area contributed by atoms with Gasteiger partial charge in [-0.15, -0.1) is 0 Å². The van der Waals surface area contributed by atoms with Crippen molar-refractivity contribution in [1.82, 2.24) is 9.62 Å². The molecule has 0 aromatic heterocycles. The molecule has 158 valence electrons. The molecular formula is C24H28N2O3S. The van der Waals surface area contributed by atoms with Gasteiger partial charge in [0, 0.05) is 33.3 Å². The first-order valence-electron chi connectivity index (χ1n) is 9.96. The van der Waals surface area contributed by atoms with Crippen LogP contribution in [0.5, 0.6) is 0 Å². The third kappa shape index (κ3) is 6.24. The SMILES string of the molecule is COCCNCc1ccc(S(=O)(=O)N(Cc2ccccc2)Cc2ccccc2)cc1. The first-order chi connectivity index (χ1) is 14.6. The second-order valence-corrected chi connectivity index (χ2v) is 9.00. The molecule has 0 amide bonds. The molecule has 0 aliphatic heterocycles. The molecular weight excluding hydrogens is 396 g/mol. The predicted molar refractivity (Wildman–Crippen MR) is 119 cm³/mol. The summed E-state index contributed by atoms with van der Waals surface area (Å²) in [5, 5.41) is 3.26. The Hall–Kier alpha value is -2.51. The molecule has 0 aliphatic carbocycles. The molecule has 0 aliphatic rings. The van der Waals surface area contributed by atoms with Gasteiger partial charge in [0.2, 0.25) is 10.0 Å². The van der Waals surface area contributed by atoms with E-state index in [9.17, 15) is 8.42 Å². The minimum atomic E-state index is -3.65. The highest BCUT2D eigenvalue weighted by Crippen LogP contribution is 2.21. The Morgan fingerprint density at radius 3 is 1.80 bits per heavy atom. The quantitative estimate of drug-likeness (QED) is 0.476. The molecule has 0 saturated carbocycles. The van der Waals surface area contributed by atoms with Gasteiger partial charge in [-0.3, -0.25) is 0 Å². The Bertz CT molecular complexity index is 950. The number of benzene rings is 3. The van der Waals surface area contributed by atoms with Crippen LogP contribution in [0.3, 0.4) is 0 Å². The van der Waals surface area contributed by atoms with Gasteiger partial charge in [0.25, 0.3) is 0 Å². The van der Waals surface area contributed by atoms with Crippen LogP contribution in [0.15, 0.2) is 89.8 Å². The molecule has 3 aromatic rings. The molecule has 0 unspecified atom stereocenters. The van der Waals surface area contributed by atoms with Gasteiger partial charge in [0.1, 0.15) is 0 Å². The van der Waals surface area contributed by atoms with E-state index < -0.39 is 10.0 Å². The maximum absolute atomic E-state index is 13.4. The third-order valence-corrected chi connectivity index (χ3v) is 6.58. The maximum Gasteiger partial charge on any atom is 0.243 e. The van der Waals surface area contributed by atoms with Crippen LogP contribution in [0, 0.1) is 0 Å². The van der Waals surface area contributed by atoms with Crippen LogP contribution in [-0.4, -0.2) is 33.0 Å². The molecule has 0 spiro atoms. The molecule has 0 radical (unpaired) electrons. The average Bonchev–Trinajstić information content (AvgIpc) is 2.78. The normalized spacial score (nSPS) is 11.7. The van der Waals surface area contributed by atoms with Crippen molar-refractivity contribution in [2.24, 2.45) is 0 Å². The van der Waals surface area contributed by atoms with Crippen LogP contribution in [0.25, 0.3) is 0 Å². The van der Waals surface area contributed by atoms with Crippen LogP contribution in [0.2, 0.25) is 0 Å². The zero-order chi connectivity index (χ0) is 21.2. The number of hydrogen-bond donors (Lipinski definition) is 1. The summed E-state index contributed by atoms with van der Waals surface area (Å²) in [4.78, 5) is 0.301.